The summed E-state index contributed by atoms with van der Waals surface area (Å²) in [6.07, 6.45) is 14.9. The van der Waals surface area contributed by atoms with Crippen molar-refractivity contribution >= 4 is 52.0 Å². The van der Waals surface area contributed by atoms with E-state index in [9.17, 15) is 35.3 Å². The lowest BCUT2D eigenvalue weighted by atomic mass is 9.75. The number of anilines is 1. The number of carboxylic acids is 1. The highest BCUT2D eigenvalue weighted by molar-refractivity contribution is 7.86. The van der Waals surface area contributed by atoms with Gasteiger partial charge in [0.1, 0.15) is 12.3 Å². The van der Waals surface area contributed by atoms with E-state index < -0.39 is 45.7 Å². The van der Waals surface area contributed by atoms with Crippen LogP contribution in [-0.2, 0) is 44.9 Å². The Bertz CT molecular complexity index is 2140. The number of rotatable bonds is 21. The fourth-order valence-electron chi connectivity index (χ4n) is 7.61. The first-order valence-corrected chi connectivity index (χ1v) is 22.2. The van der Waals surface area contributed by atoms with Crippen molar-refractivity contribution < 1.29 is 49.5 Å². The maximum absolute atomic E-state index is 12.2. The van der Waals surface area contributed by atoms with Gasteiger partial charge in [-0.2, -0.15) is 21.4 Å². The van der Waals surface area contributed by atoms with E-state index in [2.05, 4.69) is 48.1 Å². The van der Waals surface area contributed by atoms with Crippen LogP contribution in [0.1, 0.15) is 95.2 Å². The van der Waals surface area contributed by atoms with E-state index >= 15 is 0 Å². The second-order valence-corrected chi connectivity index (χ2v) is 17.8. The lowest BCUT2D eigenvalue weighted by molar-refractivity contribution is -0.438. The lowest BCUT2D eigenvalue weighted by Crippen LogP contribution is -2.31. The molecule has 0 saturated heterocycles. The number of carbonyl (C=O) groups is 1. The summed E-state index contributed by atoms with van der Waals surface area (Å²) >= 11 is 0. The predicted molar refractivity (Wildman–Crippen MR) is 215 cm³/mol. The van der Waals surface area contributed by atoms with Crippen LogP contribution < -0.4 is 4.90 Å². The average molecular weight is 816 g/mol. The summed E-state index contributed by atoms with van der Waals surface area (Å²) in [5.41, 5.74) is 4.57. The summed E-state index contributed by atoms with van der Waals surface area (Å²) in [5, 5.41) is 9.13. The molecular weight excluding hydrogens is 764 g/mol. The van der Waals surface area contributed by atoms with E-state index in [0.717, 1.165) is 48.2 Å². The van der Waals surface area contributed by atoms with Gasteiger partial charge in [-0.1, -0.05) is 56.2 Å². The summed E-state index contributed by atoms with van der Waals surface area (Å²) in [6, 6.07) is 10.7. The van der Waals surface area contributed by atoms with Gasteiger partial charge in [-0.25, -0.2) is 4.57 Å². The molecule has 0 amide bonds. The van der Waals surface area contributed by atoms with Gasteiger partial charge in [-0.3, -0.25) is 13.9 Å². The molecule has 2 heterocycles. The van der Waals surface area contributed by atoms with E-state index in [1.54, 1.807) is 6.07 Å². The fraction of sp³-hybridized carbons (Fsp3) is 0.450. The highest BCUT2D eigenvalue weighted by Gasteiger charge is 2.48. The predicted octanol–water partition coefficient (Wildman–Crippen LogP) is 8.61. The number of aliphatic carboxylic acids is 1. The van der Waals surface area contributed by atoms with Crippen molar-refractivity contribution in [2.24, 2.45) is 0 Å². The van der Waals surface area contributed by atoms with Gasteiger partial charge in [0.05, 0.1) is 21.5 Å². The molecule has 2 aliphatic heterocycles. The van der Waals surface area contributed by atoms with Crippen molar-refractivity contribution in [3.63, 3.8) is 0 Å². The van der Waals surface area contributed by atoms with Gasteiger partial charge in [0.2, 0.25) is 5.69 Å². The Balaban J connectivity index is 1.77. The zero-order chi connectivity index (χ0) is 40.6. The third kappa shape index (κ3) is 10.3. The Labute approximate surface area is 326 Å². The topological polar surface area (TPSA) is 179 Å². The van der Waals surface area contributed by atoms with E-state index in [1.807, 2.05) is 44.2 Å². The van der Waals surface area contributed by atoms with Crippen LogP contribution in [0.4, 0.5) is 11.4 Å². The molecule has 2 aromatic rings. The van der Waals surface area contributed by atoms with E-state index in [4.69, 9.17) is 9.63 Å². The van der Waals surface area contributed by atoms with Crippen LogP contribution in [0.2, 0.25) is 0 Å². The molecule has 2 unspecified atom stereocenters. The maximum atomic E-state index is 12.2. The smallest absolute Gasteiger partial charge is 0.395 e. The second kappa shape index (κ2) is 18.3. The van der Waals surface area contributed by atoms with Crippen LogP contribution in [0.3, 0.4) is 0 Å². The van der Waals surface area contributed by atoms with Crippen molar-refractivity contribution in [1.29, 1.82) is 0 Å². The molecule has 0 aliphatic carbocycles. The van der Waals surface area contributed by atoms with E-state index in [1.165, 1.54) is 12.1 Å². The van der Waals surface area contributed by atoms with Crippen molar-refractivity contribution in [1.82, 2.24) is 0 Å². The summed E-state index contributed by atoms with van der Waals surface area (Å²) in [4.78, 5) is 12.9. The highest BCUT2D eigenvalue weighted by atomic mass is 32.2. The molecule has 15 heteroatoms. The standard InChI is InChI=1S/C40H51N2O10PS2/c1-6-7-24-42-35-22-20-31(55(49,50)51)28-33(35)40(5,30(3)52-53-45)37(42)17-11-8-10-16-36-39(4,23-13-15-26-54(46,47)48)32-27-29(2)19-21-34(32)41(36)25-14-9-12-18-38(43)44/h8,10-11,16-17,19-22,27-28H,3,6-7,9,12-15,18,23-26H2,1-2,4-5H3,(H2-,43,44,46,47,48,49,50,51)/p+1. The molecule has 298 valence electrons. The van der Waals surface area contributed by atoms with Gasteiger partial charge >= 0.3 is 14.7 Å². The second-order valence-electron chi connectivity index (χ2n) is 14.5. The van der Waals surface area contributed by atoms with E-state index in [-0.39, 0.29) is 22.8 Å². The molecular formula is C40H52N2O10PS2+. The number of unbranched alkanes of at least 4 members (excludes halogenated alkanes) is 4. The van der Waals surface area contributed by atoms with Gasteiger partial charge in [0.15, 0.2) is 5.71 Å². The molecule has 2 aliphatic rings. The van der Waals surface area contributed by atoms with Crippen LogP contribution in [0.5, 0.6) is 0 Å². The molecule has 0 fully saturated rings. The van der Waals surface area contributed by atoms with Crippen molar-refractivity contribution in [2.75, 3.05) is 23.7 Å². The third-order valence-electron chi connectivity index (χ3n) is 10.6. The van der Waals surface area contributed by atoms with E-state index in [0.29, 0.717) is 55.7 Å². The summed E-state index contributed by atoms with van der Waals surface area (Å²) in [7, 11) is -9.24. The monoisotopic (exact) mass is 815 g/mol. The number of benzene rings is 2. The first-order valence-electron chi connectivity index (χ1n) is 18.5. The number of hydrogen-bond acceptors (Lipinski definition) is 8. The molecule has 0 bridgehead atoms. The summed E-state index contributed by atoms with van der Waals surface area (Å²) in [6.45, 7) is 13.3. The van der Waals surface area contributed by atoms with Crippen LogP contribution in [0, 0.1) is 6.92 Å². The SMILES string of the molecule is C=C(OP=O)C1(C)/C(=C/C=C/C=C/C2=[N+](CCCCCC(=O)O)c3ccc(C)cc3C2(C)CCCCS(=O)(=O)O)N(CCCC)c2ccc(S(=O)(=O)O)cc21. The molecule has 0 radical (unpaired) electrons. The van der Waals surface area contributed by atoms with Gasteiger partial charge < -0.3 is 14.5 Å². The van der Waals surface area contributed by atoms with Crippen LogP contribution in [-0.4, -0.2) is 66.1 Å². The molecule has 3 N–H and O–H groups in total. The molecule has 2 atom stereocenters. The van der Waals surface area contributed by atoms with Crippen molar-refractivity contribution in [2.45, 2.75) is 101 Å². The number of carboxylic acid groups (broad SMARTS) is 1. The first-order chi connectivity index (χ1) is 25.9. The zero-order valence-electron chi connectivity index (χ0n) is 31.9. The quantitative estimate of drug-likeness (QED) is 0.0274. The molecule has 55 heavy (non-hydrogen) atoms. The van der Waals surface area contributed by atoms with Gasteiger partial charge in [-0.15, -0.1) is 0 Å². The van der Waals surface area contributed by atoms with Crippen LogP contribution in [0.25, 0.3) is 0 Å². The minimum absolute atomic E-state index is 0.107. The number of fused-ring (bicyclic) bond motifs is 2. The fourth-order valence-corrected chi connectivity index (χ4v) is 8.95. The maximum Gasteiger partial charge on any atom is 0.395 e. The Kier molecular flexibility index (Phi) is 14.6. The summed E-state index contributed by atoms with van der Waals surface area (Å²) < 4.78 is 85.8. The number of aryl methyl sites for hydroxylation is 1. The Morgan fingerprint density at radius 1 is 0.964 bits per heavy atom. The minimum Gasteiger partial charge on any atom is -0.481 e. The summed E-state index contributed by atoms with van der Waals surface area (Å²) in [5.74, 6) is -1.01. The van der Waals surface area contributed by atoms with Crippen LogP contribution >= 0.6 is 8.69 Å². The largest absolute Gasteiger partial charge is 0.481 e. The van der Waals surface area contributed by atoms with Crippen molar-refractivity contribution in [3.05, 3.63) is 102 Å². The lowest BCUT2D eigenvalue weighted by Gasteiger charge is -2.30. The number of allylic oxidation sites excluding steroid dienone is 5. The van der Waals surface area contributed by atoms with Crippen LogP contribution in [0.15, 0.2) is 89.7 Å². The number of nitrogens with zero attached hydrogens (tertiary/aromatic N) is 2. The van der Waals surface area contributed by atoms with Gasteiger partial charge in [-0.05, 0) is 88.8 Å². The number of hydrogen-bond donors (Lipinski definition) is 3. The van der Waals surface area contributed by atoms with Gasteiger partial charge in [0, 0.05) is 48.5 Å². The average Bonchev–Trinajstić information content (AvgIpc) is 3.48. The van der Waals surface area contributed by atoms with Crippen molar-refractivity contribution in [3.8, 4) is 0 Å². The molecule has 4 rings (SSSR count). The minimum atomic E-state index is -4.52. The Morgan fingerprint density at radius 3 is 2.36 bits per heavy atom. The molecule has 0 aromatic heterocycles. The molecule has 2 aromatic carbocycles. The molecule has 0 spiro atoms. The molecule has 12 nitrogen and oxygen atoms in total. The zero-order valence-corrected chi connectivity index (χ0v) is 34.4. The normalized spacial score (nSPS) is 20.6. The Hall–Kier alpha value is -3.94. The Morgan fingerprint density at radius 2 is 1.71 bits per heavy atom. The highest BCUT2D eigenvalue weighted by Crippen LogP contribution is 2.53. The van der Waals surface area contributed by atoms with Gasteiger partial charge in [0.25, 0.3) is 20.2 Å². The third-order valence-corrected chi connectivity index (χ3v) is 12.5. The molecule has 0 saturated carbocycles. The first kappa shape index (κ1) is 43.8.